The van der Waals surface area contributed by atoms with Crippen molar-refractivity contribution in [2.75, 3.05) is 18.4 Å². The summed E-state index contributed by atoms with van der Waals surface area (Å²) in [6.45, 7) is 3.51. The number of pyridine rings is 1. The molecule has 2 rings (SSSR count). The van der Waals surface area contributed by atoms with Crippen molar-refractivity contribution in [3.8, 4) is 0 Å². The van der Waals surface area contributed by atoms with E-state index in [0.717, 1.165) is 18.2 Å². The van der Waals surface area contributed by atoms with E-state index in [-0.39, 0.29) is 5.91 Å². The third-order valence-electron chi connectivity index (χ3n) is 3.94. The first kappa shape index (κ1) is 14.8. The Bertz CT molecular complexity index is 427. The highest BCUT2D eigenvalue weighted by Crippen LogP contribution is 2.26. The Kier molecular flexibility index (Phi) is 5.84. The third kappa shape index (κ3) is 4.51. The van der Waals surface area contributed by atoms with Gasteiger partial charge in [0.2, 0.25) is 0 Å². The fourth-order valence-corrected chi connectivity index (χ4v) is 2.81. The van der Waals surface area contributed by atoms with E-state index in [0.29, 0.717) is 12.2 Å². The number of hydrogen-bond acceptors (Lipinski definition) is 3. The van der Waals surface area contributed by atoms with Gasteiger partial charge in [0.1, 0.15) is 5.69 Å². The van der Waals surface area contributed by atoms with Gasteiger partial charge in [-0.3, -0.25) is 9.78 Å². The first-order valence-corrected chi connectivity index (χ1v) is 7.77. The van der Waals surface area contributed by atoms with Crippen molar-refractivity contribution in [3.63, 3.8) is 0 Å². The first-order valence-electron chi connectivity index (χ1n) is 7.77. The van der Waals surface area contributed by atoms with Crippen molar-refractivity contribution in [2.45, 2.75) is 45.4 Å². The minimum Gasteiger partial charge on any atom is -0.385 e. The van der Waals surface area contributed by atoms with Crippen LogP contribution in [0.15, 0.2) is 18.3 Å². The fraction of sp³-hybridized carbons (Fsp3) is 0.625. The molecule has 0 radical (unpaired) electrons. The van der Waals surface area contributed by atoms with Gasteiger partial charge in [0.05, 0.1) is 0 Å². The van der Waals surface area contributed by atoms with Gasteiger partial charge in [0, 0.05) is 25.0 Å². The molecule has 1 amide bonds. The molecule has 1 aliphatic rings. The molecule has 0 atom stereocenters. The van der Waals surface area contributed by atoms with Crippen LogP contribution in [0.4, 0.5) is 5.69 Å². The molecular weight excluding hydrogens is 250 g/mol. The number of carbonyl (C=O) groups is 1. The van der Waals surface area contributed by atoms with Gasteiger partial charge in [-0.05, 0) is 31.4 Å². The van der Waals surface area contributed by atoms with Gasteiger partial charge < -0.3 is 10.6 Å². The molecule has 0 spiro atoms. The maximum atomic E-state index is 11.7. The van der Waals surface area contributed by atoms with Crippen molar-refractivity contribution in [3.05, 3.63) is 24.0 Å². The third-order valence-corrected chi connectivity index (χ3v) is 3.94. The number of aromatic nitrogens is 1. The second-order valence-electron chi connectivity index (χ2n) is 5.51. The number of hydrogen-bond donors (Lipinski definition) is 2. The number of rotatable bonds is 6. The monoisotopic (exact) mass is 275 g/mol. The number of nitrogens with one attached hydrogen (secondary N) is 2. The Labute approximate surface area is 121 Å². The van der Waals surface area contributed by atoms with E-state index in [1.165, 1.54) is 38.5 Å². The Morgan fingerprint density at radius 1 is 1.35 bits per heavy atom. The van der Waals surface area contributed by atoms with Crippen LogP contribution in [0, 0.1) is 5.92 Å². The van der Waals surface area contributed by atoms with Crippen LogP contribution >= 0.6 is 0 Å². The quantitative estimate of drug-likeness (QED) is 0.838. The predicted octanol–water partition coefficient (Wildman–Crippen LogP) is 3.21. The smallest absolute Gasteiger partial charge is 0.269 e. The standard InChI is InChI=1S/C16H25N3O/c1-2-17-16(20)15-12-14(9-11-19-15)18-10-8-13-6-4-3-5-7-13/h9,11-13H,2-8,10H2,1H3,(H,17,20)(H,18,19). The lowest BCUT2D eigenvalue weighted by atomic mass is 9.87. The van der Waals surface area contributed by atoms with Crippen LogP contribution in [0.25, 0.3) is 0 Å². The van der Waals surface area contributed by atoms with Crippen LogP contribution in [-0.2, 0) is 0 Å². The number of nitrogens with zero attached hydrogens (tertiary/aromatic N) is 1. The molecule has 0 aliphatic heterocycles. The SMILES string of the molecule is CCNC(=O)c1cc(NCCC2CCCCC2)ccn1. The summed E-state index contributed by atoms with van der Waals surface area (Å²) < 4.78 is 0. The van der Waals surface area contributed by atoms with E-state index in [4.69, 9.17) is 0 Å². The van der Waals surface area contributed by atoms with Gasteiger partial charge in [-0.1, -0.05) is 32.1 Å². The van der Waals surface area contributed by atoms with Crippen LogP contribution in [0.3, 0.4) is 0 Å². The van der Waals surface area contributed by atoms with Gasteiger partial charge in [0.15, 0.2) is 0 Å². The highest BCUT2D eigenvalue weighted by atomic mass is 16.1. The largest absolute Gasteiger partial charge is 0.385 e. The van der Waals surface area contributed by atoms with Crippen LogP contribution in [0.5, 0.6) is 0 Å². The van der Waals surface area contributed by atoms with Crippen molar-refractivity contribution >= 4 is 11.6 Å². The lowest BCUT2D eigenvalue weighted by Crippen LogP contribution is -2.23. The Morgan fingerprint density at radius 3 is 2.90 bits per heavy atom. The minimum atomic E-state index is -0.108. The molecule has 1 fully saturated rings. The Morgan fingerprint density at radius 2 is 2.15 bits per heavy atom. The lowest BCUT2D eigenvalue weighted by Gasteiger charge is -2.21. The number of amides is 1. The van der Waals surface area contributed by atoms with Crippen LogP contribution < -0.4 is 10.6 Å². The molecule has 1 saturated carbocycles. The summed E-state index contributed by atoms with van der Waals surface area (Å²) in [4.78, 5) is 15.8. The molecule has 0 bridgehead atoms. The normalized spacial score (nSPS) is 15.8. The van der Waals surface area contributed by atoms with Gasteiger partial charge in [-0.25, -0.2) is 0 Å². The minimum absolute atomic E-state index is 0.108. The maximum absolute atomic E-state index is 11.7. The van der Waals surface area contributed by atoms with Crippen molar-refractivity contribution in [1.29, 1.82) is 0 Å². The molecular formula is C16H25N3O. The number of carbonyl (C=O) groups excluding carboxylic acids is 1. The van der Waals surface area contributed by atoms with Crippen LogP contribution in [0.1, 0.15) is 55.9 Å². The summed E-state index contributed by atoms with van der Waals surface area (Å²) in [5.41, 5.74) is 1.46. The molecule has 1 aromatic rings. The summed E-state index contributed by atoms with van der Waals surface area (Å²) >= 11 is 0. The van der Waals surface area contributed by atoms with Gasteiger partial charge in [0.25, 0.3) is 5.91 Å². The zero-order valence-electron chi connectivity index (χ0n) is 12.3. The predicted molar refractivity (Wildman–Crippen MR) is 81.9 cm³/mol. The average molecular weight is 275 g/mol. The van der Waals surface area contributed by atoms with Crippen molar-refractivity contribution in [1.82, 2.24) is 10.3 Å². The molecule has 1 aliphatic carbocycles. The Hall–Kier alpha value is -1.58. The van der Waals surface area contributed by atoms with Gasteiger partial charge in [-0.2, -0.15) is 0 Å². The zero-order chi connectivity index (χ0) is 14.2. The van der Waals surface area contributed by atoms with E-state index >= 15 is 0 Å². The van der Waals surface area contributed by atoms with E-state index in [9.17, 15) is 4.79 Å². The first-order chi connectivity index (χ1) is 9.79. The maximum Gasteiger partial charge on any atom is 0.269 e. The Balaban J connectivity index is 1.80. The van der Waals surface area contributed by atoms with E-state index in [1.807, 2.05) is 19.1 Å². The van der Waals surface area contributed by atoms with Crippen molar-refractivity contribution < 1.29 is 4.79 Å². The molecule has 0 unspecified atom stereocenters. The van der Waals surface area contributed by atoms with Crippen LogP contribution in [0.2, 0.25) is 0 Å². The average Bonchev–Trinajstić information content (AvgIpc) is 2.49. The van der Waals surface area contributed by atoms with E-state index in [1.54, 1.807) is 6.20 Å². The van der Waals surface area contributed by atoms with E-state index in [2.05, 4.69) is 15.6 Å². The summed E-state index contributed by atoms with van der Waals surface area (Å²) in [5, 5.41) is 6.18. The molecule has 4 heteroatoms. The highest BCUT2D eigenvalue weighted by molar-refractivity contribution is 5.93. The fourth-order valence-electron chi connectivity index (χ4n) is 2.81. The summed E-state index contributed by atoms with van der Waals surface area (Å²) in [7, 11) is 0. The van der Waals surface area contributed by atoms with Crippen molar-refractivity contribution in [2.24, 2.45) is 5.92 Å². The summed E-state index contributed by atoms with van der Waals surface area (Å²) in [5.74, 6) is 0.768. The van der Waals surface area contributed by atoms with Gasteiger partial charge in [-0.15, -0.1) is 0 Å². The summed E-state index contributed by atoms with van der Waals surface area (Å²) in [6, 6.07) is 3.75. The molecule has 2 N–H and O–H groups in total. The molecule has 1 heterocycles. The highest BCUT2D eigenvalue weighted by Gasteiger charge is 2.12. The molecule has 0 aromatic carbocycles. The van der Waals surface area contributed by atoms with E-state index < -0.39 is 0 Å². The second-order valence-corrected chi connectivity index (χ2v) is 5.51. The van der Waals surface area contributed by atoms with Crippen LogP contribution in [-0.4, -0.2) is 24.0 Å². The topological polar surface area (TPSA) is 54.0 Å². The molecule has 4 nitrogen and oxygen atoms in total. The molecule has 110 valence electrons. The zero-order valence-corrected chi connectivity index (χ0v) is 12.3. The molecule has 0 saturated heterocycles. The second kappa shape index (κ2) is 7.88. The summed E-state index contributed by atoms with van der Waals surface area (Å²) in [6.07, 6.45) is 9.85. The molecule has 20 heavy (non-hydrogen) atoms. The van der Waals surface area contributed by atoms with Gasteiger partial charge >= 0.3 is 0 Å². The lowest BCUT2D eigenvalue weighted by molar-refractivity contribution is 0.0951. The number of anilines is 1. The molecule has 1 aromatic heterocycles.